The molecule has 0 aliphatic rings. The number of H-pyrrole nitrogens is 1. The van der Waals surface area contributed by atoms with Gasteiger partial charge in [-0.15, -0.1) is 0 Å². The van der Waals surface area contributed by atoms with Crippen LogP contribution >= 0.6 is 0 Å². The molecule has 0 unspecified atom stereocenters. The first kappa shape index (κ1) is 11.8. The van der Waals surface area contributed by atoms with Crippen LogP contribution in [-0.2, 0) is 0 Å². The lowest BCUT2D eigenvalue weighted by atomic mass is 10.3. The zero-order valence-electron chi connectivity index (χ0n) is 9.41. The van der Waals surface area contributed by atoms with Crippen LogP contribution in [0.1, 0.15) is 0 Å². The fourth-order valence-corrected chi connectivity index (χ4v) is 1.46. The van der Waals surface area contributed by atoms with E-state index in [0.717, 1.165) is 29.2 Å². The number of para-hydroxylation sites is 2. The van der Waals surface area contributed by atoms with Crippen molar-refractivity contribution in [2.75, 3.05) is 0 Å². The number of benzene rings is 2. The minimum atomic E-state index is -0.146. The SMILES string of the molecule is Oc1cc(O)cc(O)c1.c1ccc2[nH]cnc2c1. The summed E-state index contributed by atoms with van der Waals surface area (Å²) in [6.45, 7) is 0. The van der Waals surface area contributed by atoms with Gasteiger partial charge in [-0.05, 0) is 12.1 Å². The van der Waals surface area contributed by atoms with Crippen LogP contribution in [0.5, 0.6) is 17.2 Å². The number of phenols is 3. The molecule has 0 spiro atoms. The maximum absolute atomic E-state index is 8.67. The Labute approximate surface area is 103 Å². The molecule has 0 saturated heterocycles. The van der Waals surface area contributed by atoms with E-state index < -0.39 is 0 Å². The average Bonchev–Trinajstić information content (AvgIpc) is 2.75. The molecule has 1 heterocycles. The van der Waals surface area contributed by atoms with E-state index in [1.54, 1.807) is 6.33 Å². The lowest BCUT2D eigenvalue weighted by Crippen LogP contribution is -1.66. The van der Waals surface area contributed by atoms with Crippen molar-refractivity contribution in [3.8, 4) is 17.2 Å². The van der Waals surface area contributed by atoms with E-state index in [9.17, 15) is 0 Å². The molecule has 0 fully saturated rings. The second-order valence-electron chi connectivity index (χ2n) is 3.63. The highest BCUT2D eigenvalue weighted by molar-refractivity contribution is 5.73. The standard InChI is InChI=1S/C7H6N2.C6H6O3/c1-2-4-7-6(3-1)8-5-9-7;7-4-1-5(8)3-6(9)2-4/h1-5H,(H,8,9);1-3,7-9H. The summed E-state index contributed by atoms with van der Waals surface area (Å²) in [5, 5.41) is 26.0. The van der Waals surface area contributed by atoms with Crippen molar-refractivity contribution in [1.82, 2.24) is 9.97 Å². The van der Waals surface area contributed by atoms with Crippen molar-refractivity contribution >= 4 is 11.0 Å². The summed E-state index contributed by atoms with van der Waals surface area (Å²) < 4.78 is 0. The first-order valence-corrected chi connectivity index (χ1v) is 5.25. The van der Waals surface area contributed by atoms with Crippen molar-refractivity contribution in [2.24, 2.45) is 0 Å². The predicted octanol–water partition coefficient (Wildman–Crippen LogP) is 2.37. The van der Waals surface area contributed by atoms with Crippen molar-refractivity contribution < 1.29 is 15.3 Å². The zero-order chi connectivity index (χ0) is 13.0. The van der Waals surface area contributed by atoms with Crippen molar-refractivity contribution in [3.05, 3.63) is 48.8 Å². The Kier molecular flexibility index (Phi) is 3.33. The van der Waals surface area contributed by atoms with Crippen LogP contribution in [0.3, 0.4) is 0 Å². The summed E-state index contributed by atoms with van der Waals surface area (Å²) >= 11 is 0. The van der Waals surface area contributed by atoms with Crippen LogP contribution in [0.4, 0.5) is 0 Å². The third-order valence-corrected chi connectivity index (χ3v) is 2.22. The minimum Gasteiger partial charge on any atom is -0.508 e. The van der Waals surface area contributed by atoms with Gasteiger partial charge in [0.2, 0.25) is 0 Å². The summed E-state index contributed by atoms with van der Waals surface area (Å²) in [6.07, 6.45) is 1.70. The number of hydrogen-bond donors (Lipinski definition) is 4. The summed E-state index contributed by atoms with van der Waals surface area (Å²) in [5.41, 5.74) is 2.12. The molecule has 5 heteroatoms. The van der Waals surface area contributed by atoms with Gasteiger partial charge in [0.1, 0.15) is 17.2 Å². The number of nitrogens with one attached hydrogen (secondary N) is 1. The fourth-order valence-electron chi connectivity index (χ4n) is 1.46. The van der Waals surface area contributed by atoms with Gasteiger partial charge in [-0.2, -0.15) is 0 Å². The van der Waals surface area contributed by atoms with Crippen LogP contribution in [-0.4, -0.2) is 25.3 Å². The van der Waals surface area contributed by atoms with E-state index >= 15 is 0 Å². The van der Waals surface area contributed by atoms with Crippen LogP contribution in [0, 0.1) is 0 Å². The molecule has 0 bridgehead atoms. The molecule has 0 amide bonds. The molecule has 5 nitrogen and oxygen atoms in total. The van der Waals surface area contributed by atoms with E-state index in [1.165, 1.54) is 0 Å². The summed E-state index contributed by atoms with van der Waals surface area (Å²) in [6, 6.07) is 11.4. The Morgan fingerprint density at radius 1 is 0.833 bits per heavy atom. The van der Waals surface area contributed by atoms with Crippen LogP contribution in [0.2, 0.25) is 0 Å². The molecule has 18 heavy (non-hydrogen) atoms. The Morgan fingerprint density at radius 2 is 1.39 bits per heavy atom. The van der Waals surface area contributed by atoms with Crippen LogP contribution in [0.15, 0.2) is 48.8 Å². The number of hydrogen-bond acceptors (Lipinski definition) is 4. The van der Waals surface area contributed by atoms with Crippen LogP contribution in [0.25, 0.3) is 11.0 Å². The van der Waals surface area contributed by atoms with Gasteiger partial charge in [0.15, 0.2) is 0 Å². The van der Waals surface area contributed by atoms with Gasteiger partial charge < -0.3 is 20.3 Å². The number of fused-ring (bicyclic) bond motifs is 1. The summed E-state index contributed by atoms with van der Waals surface area (Å²) in [7, 11) is 0. The zero-order valence-corrected chi connectivity index (χ0v) is 9.41. The first-order chi connectivity index (χ1) is 8.65. The molecule has 0 radical (unpaired) electrons. The highest BCUT2D eigenvalue weighted by Gasteiger charge is 1.94. The van der Waals surface area contributed by atoms with Crippen molar-refractivity contribution in [3.63, 3.8) is 0 Å². The number of phenolic OH excluding ortho intramolecular Hbond substituents is 3. The number of aromatic amines is 1. The molecule has 4 N–H and O–H groups in total. The van der Waals surface area contributed by atoms with Crippen molar-refractivity contribution in [2.45, 2.75) is 0 Å². The van der Waals surface area contributed by atoms with Gasteiger partial charge in [-0.3, -0.25) is 0 Å². The highest BCUT2D eigenvalue weighted by atomic mass is 16.3. The molecule has 2 aromatic carbocycles. The van der Waals surface area contributed by atoms with E-state index in [0.29, 0.717) is 0 Å². The van der Waals surface area contributed by atoms with Gasteiger partial charge in [-0.25, -0.2) is 4.98 Å². The molecule has 0 atom stereocenters. The Hall–Kier alpha value is -2.69. The molecule has 92 valence electrons. The van der Waals surface area contributed by atoms with E-state index in [2.05, 4.69) is 9.97 Å². The third-order valence-electron chi connectivity index (χ3n) is 2.22. The largest absolute Gasteiger partial charge is 0.508 e. The number of nitrogens with zero attached hydrogens (tertiary/aromatic N) is 1. The maximum Gasteiger partial charge on any atom is 0.122 e. The Bertz CT molecular complexity index is 569. The lowest BCUT2D eigenvalue weighted by Gasteiger charge is -1.94. The van der Waals surface area contributed by atoms with E-state index in [-0.39, 0.29) is 17.2 Å². The van der Waals surface area contributed by atoms with Gasteiger partial charge >= 0.3 is 0 Å². The number of rotatable bonds is 0. The normalized spacial score (nSPS) is 9.78. The second kappa shape index (κ2) is 5.09. The lowest BCUT2D eigenvalue weighted by molar-refractivity contribution is 0.428. The predicted molar refractivity (Wildman–Crippen MR) is 67.5 cm³/mol. The van der Waals surface area contributed by atoms with E-state index in [1.807, 2.05) is 24.3 Å². The molecule has 3 rings (SSSR count). The quantitative estimate of drug-likeness (QED) is 0.488. The molecule has 1 aromatic heterocycles. The summed E-state index contributed by atoms with van der Waals surface area (Å²) in [4.78, 5) is 7.07. The van der Waals surface area contributed by atoms with Gasteiger partial charge in [0.05, 0.1) is 17.4 Å². The van der Waals surface area contributed by atoms with Crippen LogP contribution < -0.4 is 0 Å². The molecular formula is C13H12N2O3. The average molecular weight is 244 g/mol. The number of aromatic nitrogens is 2. The second-order valence-corrected chi connectivity index (χ2v) is 3.63. The molecule has 0 aliphatic heterocycles. The Morgan fingerprint density at radius 3 is 1.94 bits per heavy atom. The number of aromatic hydroxyl groups is 3. The van der Waals surface area contributed by atoms with Crippen molar-refractivity contribution in [1.29, 1.82) is 0 Å². The van der Waals surface area contributed by atoms with E-state index in [4.69, 9.17) is 15.3 Å². The topological polar surface area (TPSA) is 89.4 Å². The first-order valence-electron chi connectivity index (χ1n) is 5.25. The minimum absolute atomic E-state index is 0.146. The van der Waals surface area contributed by atoms with Gasteiger partial charge in [0, 0.05) is 18.2 Å². The molecule has 0 aliphatic carbocycles. The fraction of sp³-hybridized carbons (Fsp3) is 0. The maximum atomic E-state index is 8.67. The molecule has 0 saturated carbocycles. The monoisotopic (exact) mass is 244 g/mol. The summed E-state index contributed by atoms with van der Waals surface area (Å²) in [5.74, 6) is -0.437. The van der Waals surface area contributed by atoms with Gasteiger partial charge in [0.25, 0.3) is 0 Å². The van der Waals surface area contributed by atoms with Gasteiger partial charge in [-0.1, -0.05) is 12.1 Å². The highest BCUT2D eigenvalue weighted by Crippen LogP contribution is 2.23. The Balaban J connectivity index is 0.000000134. The molecule has 3 aromatic rings. The third kappa shape index (κ3) is 2.91. The smallest absolute Gasteiger partial charge is 0.122 e. The molecular weight excluding hydrogens is 232 g/mol. The number of imidazole rings is 1.